The Bertz CT molecular complexity index is 957. The number of likely N-dealkylation sites (tertiary alicyclic amines) is 1. The standard InChI is InChI=1S/C25H33N5O2S/c31-22(12-6-11-21-26-20-10-5-4-9-19(20)23(32)27-21)30-15-13-18(14-16-30)25-29-28-24(33-25)17-7-2-1-3-8-17/h1-3,7-8,18-21,26H,4-6,9-16H2,(H,27,32). The number of benzene rings is 1. The van der Waals surface area contributed by atoms with E-state index >= 15 is 0 Å². The van der Waals surface area contributed by atoms with Crippen LogP contribution in [0.5, 0.6) is 0 Å². The lowest BCUT2D eigenvalue weighted by atomic mass is 9.82. The lowest BCUT2D eigenvalue weighted by Crippen LogP contribution is -2.62. The number of carbonyl (C=O) groups excluding carboxylic acids is 2. The minimum atomic E-state index is 0.00611. The highest BCUT2D eigenvalue weighted by Gasteiger charge is 2.37. The van der Waals surface area contributed by atoms with E-state index in [1.807, 2.05) is 23.1 Å². The van der Waals surface area contributed by atoms with Crippen LogP contribution in [0.15, 0.2) is 30.3 Å². The summed E-state index contributed by atoms with van der Waals surface area (Å²) >= 11 is 1.67. The second-order valence-electron chi connectivity index (χ2n) is 9.58. The van der Waals surface area contributed by atoms with E-state index in [2.05, 4.69) is 33.0 Å². The molecule has 2 saturated heterocycles. The van der Waals surface area contributed by atoms with Gasteiger partial charge in [0.1, 0.15) is 10.0 Å². The van der Waals surface area contributed by atoms with E-state index < -0.39 is 0 Å². The smallest absolute Gasteiger partial charge is 0.225 e. The molecule has 0 bridgehead atoms. The Labute approximate surface area is 199 Å². The number of nitrogens with one attached hydrogen (secondary N) is 2. The molecule has 3 aliphatic rings. The van der Waals surface area contributed by atoms with Crippen LogP contribution >= 0.6 is 11.3 Å². The molecule has 3 heterocycles. The van der Waals surface area contributed by atoms with E-state index in [4.69, 9.17) is 0 Å². The highest BCUT2D eigenvalue weighted by molar-refractivity contribution is 7.14. The molecule has 2 amide bonds. The Balaban J connectivity index is 1.05. The van der Waals surface area contributed by atoms with Crippen LogP contribution in [-0.4, -0.2) is 52.2 Å². The molecule has 1 saturated carbocycles. The number of nitrogens with zero attached hydrogens (tertiary/aromatic N) is 3. The van der Waals surface area contributed by atoms with E-state index in [1.54, 1.807) is 11.3 Å². The van der Waals surface area contributed by atoms with E-state index in [0.29, 0.717) is 18.4 Å². The second-order valence-corrected chi connectivity index (χ2v) is 10.6. The maximum absolute atomic E-state index is 12.8. The highest BCUT2D eigenvalue weighted by atomic mass is 32.1. The third kappa shape index (κ3) is 5.27. The minimum absolute atomic E-state index is 0.00611. The van der Waals surface area contributed by atoms with Gasteiger partial charge in [0.25, 0.3) is 0 Å². The molecule has 0 spiro atoms. The second kappa shape index (κ2) is 10.3. The van der Waals surface area contributed by atoms with Crippen LogP contribution in [0.4, 0.5) is 0 Å². The Morgan fingerprint density at radius 3 is 2.67 bits per heavy atom. The molecule has 3 atom stereocenters. The predicted octanol–water partition coefficient (Wildman–Crippen LogP) is 3.69. The Hall–Kier alpha value is -2.32. The first-order valence-electron chi connectivity index (χ1n) is 12.4. The number of hydrogen-bond donors (Lipinski definition) is 2. The van der Waals surface area contributed by atoms with Gasteiger partial charge < -0.3 is 10.2 Å². The molecule has 3 fully saturated rings. The van der Waals surface area contributed by atoms with Crippen LogP contribution in [0.1, 0.15) is 68.7 Å². The van der Waals surface area contributed by atoms with Crippen LogP contribution in [-0.2, 0) is 9.59 Å². The fraction of sp³-hybridized carbons (Fsp3) is 0.600. The maximum Gasteiger partial charge on any atom is 0.225 e. The van der Waals surface area contributed by atoms with Crippen molar-refractivity contribution in [1.82, 2.24) is 25.7 Å². The van der Waals surface area contributed by atoms with Gasteiger partial charge in [0, 0.05) is 37.0 Å². The molecular weight excluding hydrogens is 434 g/mol. The molecule has 2 aliphatic heterocycles. The molecule has 1 aromatic carbocycles. The van der Waals surface area contributed by atoms with Gasteiger partial charge >= 0.3 is 0 Å². The zero-order valence-corrected chi connectivity index (χ0v) is 19.9. The first-order chi connectivity index (χ1) is 16.2. The minimum Gasteiger partial charge on any atom is -0.343 e. The van der Waals surface area contributed by atoms with Crippen molar-refractivity contribution in [3.8, 4) is 10.6 Å². The van der Waals surface area contributed by atoms with Gasteiger partial charge in [-0.25, -0.2) is 0 Å². The first-order valence-corrected chi connectivity index (χ1v) is 13.2. The zero-order chi connectivity index (χ0) is 22.6. The van der Waals surface area contributed by atoms with E-state index in [-0.39, 0.29) is 23.9 Å². The summed E-state index contributed by atoms with van der Waals surface area (Å²) in [6.45, 7) is 1.57. The summed E-state index contributed by atoms with van der Waals surface area (Å²) in [7, 11) is 0. The Kier molecular flexibility index (Phi) is 7.02. The molecule has 8 heteroatoms. The number of hydrogen-bond acceptors (Lipinski definition) is 6. The number of rotatable bonds is 6. The quantitative estimate of drug-likeness (QED) is 0.677. The summed E-state index contributed by atoms with van der Waals surface area (Å²) in [4.78, 5) is 27.1. The normalized spacial score (nSPS) is 26.0. The maximum atomic E-state index is 12.8. The van der Waals surface area contributed by atoms with Crippen LogP contribution in [0.25, 0.3) is 10.6 Å². The van der Waals surface area contributed by atoms with Crippen LogP contribution in [0, 0.1) is 5.92 Å². The summed E-state index contributed by atoms with van der Waals surface area (Å²) in [6, 6.07) is 10.5. The van der Waals surface area contributed by atoms with Crippen molar-refractivity contribution in [2.45, 2.75) is 75.9 Å². The number of piperidine rings is 1. The molecule has 2 N–H and O–H groups in total. The molecule has 5 rings (SSSR count). The Morgan fingerprint density at radius 1 is 1.06 bits per heavy atom. The van der Waals surface area contributed by atoms with Gasteiger partial charge in [-0.2, -0.15) is 0 Å². The number of aromatic nitrogens is 2. The van der Waals surface area contributed by atoms with Crippen LogP contribution in [0.3, 0.4) is 0 Å². The van der Waals surface area contributed by atoms with Crippen molar-refractivity contribution in [3.05, 3.63) is 35.3 Å². The van der Waals surface area contributed by atoms with Crippen molar-refractivity contribution in [1.29, 1.82) is 0 Å². The van der Waals surface area contributed by atoms with E-state index in [0.717, 1.165) is 73.6 Å². The van der Waals surface area contributed by atoms with Crippen molar-refractivity contribution >= 4 is 23.2 Å². The van der Waals surface area contributed by atoms with Crippen molar-refractivity contribution in [2.24, 2.45) is 5.92 Å². The lowest BCUT2D eigenvalue weighted by molar-refractivity contribution is -0.132. The lowest BCUT2D eigenvalue weighted by Gasteiger charge is -2.40. The van der Waals surface area contributed by atoms with Crippen LogP contribution in [0.2, 0.25) is 0 Å². The highest BCUT2D eigenvalue weighted by Crippen LogP contribution is 2.33. The van der Waals surface area contributed by atoms with Gasteiger partial charge in [-0.05, 0) is 38.5 Å². The molecule has 7 nitrogen and oxygen atoms in total. The number of carbonyl (C=O) groups is 2. The summed E-state index contributed by atoms with van der Waals surface area (Å²) in [5.41, 5.74) is 1.11. The third-order valence-corrected chi connectivity index (χ3v) is 8.51. The van der Waals surface area contributed by atoms with Gasteiger partial charge in [-0.1, -0.05) is 54.5 Å². The molecule has 1 aromatic heterocycles. The first kappa shape index (κ1) is 22.5. The van der Waals surface area contributed by atoms with Crippen molar-refractivity contribution < 1.29 is 9.59 Å². The predicted molar refractivity (Wildman–Crippen MR) is 129 cm³/mol. The topological polar surface area (TPSA) is 87.2 Å². The summed E-state index contributed by atoms with van der Waals surface area (Å²) < 4.78 is 0. The molecular formula is C25H33N5O2S. The third-order valence-electron chi connectivity index (χ3n) is 7.38. The van der Waals surface area contributed by atoms with Gasteiger partial charge in [0.15, 0.2) is 0 Å². The zero-order valence-electron chi connectivity index (χ0n) is 19.0. The molecule has 176 valence electrons. The molecule has 33 heavy (non-hydrogen) atoms. The fourth-order valence-corrected chi connectivity index (χ4v) is 6.48. The summed E-state index contributed by atoms with van der Waals surface area (Å²) in [5.74, 6) is 0.946. The molecule has 3 unspecified atom stereocenters. The van der Waals surface area contributed by atoms with Crippen molar-refractivity contribution in [2.75, 3.05) is 13.1 Å². The average Bonchev–Trinajstić information content (AvgIpc) is 3.35. The SMILES string of the molecule is O=C1NC(CCCC(=O)N2CCC(c3nnc(-c4ccccc4)s3)CC2)NC2CCCCC12. The monoisotopic (exact) mass is 467 g/mol. The van der Waals surface area contributed by atoms with Gasteiger partial charge in [0.2, 0.25) is 11.8 Å². The van der Waals surface area contributed by atoms with E-state index in [9.17, 15) is 9.59 Å². The molecule has 2 aromatic rings. The number of amides is 2. The van der Waals surface area contributed by atoms with E-state index in [1.165, 1.54) is 6.42 Å². The molecule has 0 radical (unpaired) electrons. The summed E-state index contributed by atoms with van der Waals surface area (Å²) in [6.07, 6.45) is 8.48. The number of fused-ring (bicyclic) bond motifs is 1. The van der Waals surface area contributed by atoms with Gasteiger partial charge in [-0.15, -0.1) is 10.2 Å². The summed E-state index contributed by atoms with van der Waals surface area (Å²) in [5, 5.41) is 17.6. The largest absolute Gasteiger partial charge is 0.343 e. The van der Waals surface area contributed by atoms with Gasteiger partial charge in [-0.3, -0.25) is 14.9 Å². The average molecular weight is 468 g/mol. The van der Waals surface area contributed by atoms with Gasteiger partial charge in [0.05, 0.1) is 12.1 Å². The Morgan fingerprint density at radius 2 is 1.85 bits per heavy atom. The fourth-order valence-electron chi connectivity index (χ4n) is 5.47. The molecule has 1 aliphatic carbocycles. The van der Waals surface area contributed by atoms with Crippen LogP contribution < -0.4 is 10.6 Å². The van der Waals surface area contributed by atoms with Crippen molar-refractivity contribution in [3.63, 3.8) is 0 Å².